The van der Waals surface area contributed by atoms with Crippen molar-refractivity contribution < 1.29 is 14.6 Å². The highest BCUT2D eigenvalue weighted by molar-refractivity contribution is 7.99. The molecule has 90 valence electrons. The molecule has 1 aromatic rings. The first-order valence-corrected chi connectivity index (χ1v) is 6.25. The highest BCUT2D eigenvalue weighted by Gasteiger charge is 2.03. The molecule has 0 fully saturated rings. The molecule has 4 heteroatoms. The fraction of sp³-hybridized carbons (Fsp3) is 0.308. The zero-order valence-corrected chi connectivity index (χ0v) is 10.4. The molecule has 0 heterocycles. The number of hydrogen-bond acceptors (Lipinski definition) is 4. The lowest BCUT2D eigenvalue weighted by molar-refractivity contribution is -0.137. The third-order valence-electron chi connectivity index (χ3n) is 2.02. The molecule has 1 N–H and O–H groups in total. The summed E-state index contributed by atoms with van der Waals surface area (Å²) in [6, 6.07) is 7.69. The lowest BCUT2D eigenvalue weighted by Crippen LogP contribution is -2.03. The molecule has 0 spiro atoms. The molecule has 1 aromatic carbocycles. The van der Waals surface area contributed by atoms with Crippen LogP contribution in [0.4, 0.5) is 0 Å². The molecule has 0 aliphatic carbocycles. The SMILES string of the molecule is COC(=O)CSCc1ccccc1C#CCO. The summed E-state index contributed by atoms with van der Waals surface area (Å²) in [4.78, 5) is 11.0. The Bertz CT molecular complexity index is 432. The van der Waals surface area contributed by atoms with Crippen molar-refractivity contribution in [3.05, 3.63) is 35.4 Å². The van der Waals surface area contributed by atoms with Crippen LogP contribution in [0.15, 0.2) is 24.3 Å². The summed E-state index contributed by atoms with van der Waals surface area (Å²) in [5, 5.41) is 8.66. The summed E-state index contributed by atoms with van der Waals surface area (Å²) >= 11 is 1.48. The van der Waals surface area contributed by atoms with Crippen LogP contribution in [0.1, 0.15) is 11.1 Å². The zero-order chi connectivity index (χ0) is 12.5. The fourth-order valence-electron chi connectivity index (χ4n) is 1.21. The molecule has 1 rings (SSSR count). The minimum absolute atomic E-state index is 0.149. The van der Waals surface area contributed by atoms with Gasteiger partial charge in [0.1, 0.15) is 6.61 Å². The Labute approximate surface area is 105 Å². The second-order valence-electron chi connectivity index (χ2n) is 3.19. The Morgan fingerprint density at radius 2 is 2.24 bits per heavy atom. The summed E-state index contributed by atoms with van der Waals surface area (Å²) in [5.74, 6) is 6.31. The third kappa shape index (κ3) is 4.94. The zero-order valence-electron chi connectivity index (χ0n) is 9.60. The van der Waals surface area contributed by atoms with Crippen LogP contribution in [0.5, 0.6) is 0 Å². The number of ether oxygens (including phenoxy) is 1. The number of rotatable bonds is 4. The number of thioether (sulfide) groups is 1. The predicted molar refractivity (Wildman–Crippen MR) is 68.6 cm³/mol. The first-order chi connectivity index (χ1) is 8.27. The van der Waals surface area contributed by atoms with E-state index in [1.165, 1.54) is 18.9 Å². The Morgan fingerprint density at radius 1 is 1.47 bits per heavy atom. The first kappa shape index (κ1) is 13.6. The standard InChI is InChI=1S/C13H14O3S/c1-16-13(15)10-17-9-12-6-3-2-5-11(12)7-4-8-14/h2-3,5-6,14H,8-10H2,1H3. The van der Waals surface area contributed by atoms with Gasteiger partial charge in [-0.15, -0.1) is 11.8 Å². The van der Waals surface area contributed by atoms with Gasteiger partial charge in [0.2, 0.25) is 0 Å². The third-order valence-corrected chi connectivity index (χ3v) is 2.98. The molecule has 0 aliphatic heterocycles. The Balaban J connectivity index is 2.61. The van der Waals surface area contributed by atoms with Gasteiger partial charge in [0, 0.05) is 11.3 Å². The van der Waals surface area contributed by atoms with E-state index < -0.39 is 0 Å². The lowest BCUT2D eigenvalue weighted by Gasteiger charge is -2.03. The molecule has 0 saturated heterocycles. The molecular weight excluding hydrogens is 236 g/mol. The van der Waals surface area contributed by atoms with E-state index in [2.05, 4.69) is 16.6 Å². The summed E-state index contributed by atoms with van der Waals surface area (Å²) < 4.78 is 4.56. The highest BCUT2D eigenvalue weighted by atomic mass is 32.2. The summed E-state index contributed by atoms with van der Waals surface area (Å²) in [7, 11) is 1.38. The number of methoxy groups -OCH3 is 1. The van der Waals surface area contributed by atoms with Gasteiger partial charge in [0.15, 0.2) is 0 Å². The number of carbonyl (C=O) groups excluding carboxylic acids is 1. The van der Waals surface area contributed by atoms with Gasteiger partial charge in [-0.1, -0.05) is 30.0 Å². The van der Waals surface area contributed by atoms with Crippen LogP contribution in [0, 0.1) is 11.8 Å². The van der Waals surface area contributed by atoms with E-state index in [1.807, 2.05) is 24.3 Å². The van der Waals surface area contributed by atoms with Crippen LogP contribution >= 0.6 is 11.8 Å². The highest BCUT2D eigenvalue weighted by Crippen LogP contribution is 2.16. The van der Waals surface area contributed by atoms with Crippen LogP contribution in [0.25, 0.3) is 0 Å². The van der Waals surface area contributed by atoms with E-state index in [1.54, 1.807) is 0 Å². The van der Waals surface area contributed by atoms with Crippen molar-refractivity contribution >= 4 is 17.7 Å². The van der Waals surface area contributed by atoms with Crippen molar-refractivity contribution in [3.8, 4) is 11.8 Å². The minimum atomic E-state index is -0.228. The monoisotopic (exact) mass is 250 g/mol. The Morgan fingerprint density at radius 3 is 2.94 bits per heavy atom. The van der Waals surface area contributed by atoms with Gasteiger partial charge in [-0.25, -0.2) is 0 Å². The van der Waals surface area contributed by atoms with Crippen molar-refractivity contribution in [1.82, 2.24) is 0 Å². The van der Waals surface area contributed by atoms with Gasteiger partial charge in [0.25, 0.3) is 0 Å². The molecule has 3 nitrogen and oxygen atoms in total. The maximum atomic E-state index is 11.0. The number of esters is 1. The van der Waals surface area contributed by atoms with Crippen molar-refractivity contribution in [1.29, 1.82) is 0 Å². The maximum Gasteiger partial charge on any atom is 0.315 e. The number of aliphatic hydroxyl groups excluding tert-OH is 1. The molecule has 0 radical (unpaired) electrons. The van der Waals surface area contributed by atoms with Crippen molar-refractivity contribution in [3.63, 3.8) is 0 Å². The molecule has 0 bridgehead atoms. The van der Waals surface area contributed by atoms with Crippen molar-refractivity contribution in [2.45, 2.75) is 5.75 Å². The minimum Gasteiger partial charge on any atom is -0.468 e. The second kappa shape index (κ2) is 7.77. The average molecular weight is 250 g/mol. The fourth-order valence-corrected chi connectivity index (χ4v) is 2.06. The van der Waals surface area contributed by atoms with E-state index in [0.717, 1.165) is 11.1 Å². The van der Waals surface area contributed by atoms with Gasteiger partial charge >= 0.3 is 5.97 Å². The van der Waals surface area contributed by atoms with Crippen LogP contribution in [-0.4, -0.2) is 30.5 Å². The smallest absolute Gasteiger partial charge is 0.315 e. The summed E-state index contributed by atoms with van der Waals surface area (Å²) in [6.45, 7) is -0.149. The molecule has 17 heavy (non-hydrogen) atoms. The quantitative estimate of drug-likeness (QED) is 0.649. The van der Waals surface area contributed by atoms with Gasteiger partial charge < -0.3 is 9.84 Å². The van der Waals surface area contributed by atoms with Crippen LogP contribution in [0.2, 0.25) is 0 Å². The summed E-state index contributed by atoms with van der Waals surface area (Å²) in [5.41, 5.74) is 1.95. The first-order valence-electron chi connectivity index (χ1n) is 5.10. The number of aliphatic hydroxyl groups is 1. The summed E-state index contributed by atoms with van der Waals surface area (Å²) in [6.07, 6.45) is 0. The van der Waals surface area contributed by atoms with Crippen LogP contribution in [0.3, 0.4) is 0 Å². The molecule has 0 saturated carbocycles. The van der Waals surface area contributed by atoms with E-state index in [9.17, 15) is 4.79 Å². The normalized spacial score (nSPS) is 9.29. The van der Waals surface area contributed by atoms with E-state index in [4.69, 9.17) is 5.11 Å². The second-order valence-corrected chi connectivity index (χ2v) is 4.17. The van der Waals surface area contributed by atoms with Gasteiger partial charge in [-0.3, -0.25) is 4.79 Å². The van der Waals surface area contributed by atoms with Gasteiger partial charge in [-0.2, -0.15) is 0 Å². The number of hydrogen-bond donors (Lipinski definition) is 1. The number of carbonyl (C=O) groups is 1. The van der Waals surface area contributed by atoms with E-state index in [-0.39, 0.29) is 12.6 Å². The van der Waals surface area contributed by atoms with Crippen LogP contribution < -0.4 is 0 Å². The molecule has 0 unspecified atom stereocenters. The van der Waals surface area contributed by atoms with E-state index in [0.29, 0.717) is 11.5 Å². The Kier molecular flexibility index (Phi) is 6.23. The topological polar surface area (TPSA) is 46.5 Å². The maximum absolute atomic E-state index is 11.0. The molecule has 0 aliphatic rings. The Hall–Kier alpha value is -1.44. The van der Waals surface area contributed by atoms with Gasteiger partial charge in [-0.05, 0) is 11.6 Å². The van der Waals surface area contributed by atoms with Crippen LogP contribution in [-0.2, 0) is 15.3 Å². The lowest BCUT2D eigenvalue weighted by atomic mass is 10.1. The van der Waals surface area contributed by atoms with Crippen molar-refractivity contribution in [2.24, 2.45) is 0 Å². The van der Waals surface area contributed by atoms with Gasteiger partial charge in [0.05, 0.1) is 12.9 Å². The number of benzene rings is 1. The van der Waals surface area contributed by atoms with Crippen molar-refractivity contribution in [2.75, 3.05) is 19.5 Å². The predicted octanol–water partition coefficient (Wildman–Crippen LogP) is 1.44. The molecular formula is C13H14O3S. The average Bonchev–Trinajstić information content (AvgIpc) is 2.37. The largest absolute Gasteiger partial charge is 0.468 e. The molecule has 0 amide bonds. The van der Waals surface area contributed by atoms with E-state index >= 15 is 0 Å². The molecule has 0 aromatic heterocycles. The molecule has 0 atom stereocenters.